The molecular formula is C17H31NO5S. The van der Waals surface area contributed by atoms with E-state index in [4.69, 9.17) is 0 Å². The van der Waals surface area contributed by atoms with E-state index in [1.165, 1.54) is 0 Å². The van der Waals surface area contributed by atoms with Crippen LogP contribution in [0.4, 0.5) is 0 Å². The van der Waals surface area contributed by atoms with Crippen LogP contribution in [-0.2, 0) is 19.4 Å². The third-order valence-electron chi connectivity index (χ3n) is 4.70. The SMILES string of the molecule is CCCCC(NC(=O)C(C(C)C)S(=O)(=O)C1CCCCC1)C(=O)O. The first kappa shape index (κ1) is 20.9. The molecule has 0 aromatic heterocycles. The summed E-state index contributed by atoms with van der Waals surface area (Å²) in [6, 6.07) is -1.03. The molecule has 0 saturated heterocycles. The van der Waals surface area contributed by atoms with Crippen molar-refractivity contribution in [3.8, 4) is 0 Å². The molecule has 0 aromatic rings. The fourth-order valence-corrected chi connectivity index (χ4v) is 5.88. The Labute approximate surface area is 145 Å². The number of hydrogen-bond acceptors (Lipinski definition) is 4. The Balaban J connectivity index is 2.93. The lowest BCUT2D eigenvalue weighted by Gasteiger charge is -2.29. The second kappa shape index (κ2) is 9.39. The molecule has 6 nitrogen and oxygen atoms in total. The highest BCUT2D eigenvalue weighted by Crippen LogP contribution is 2.29. The molecule has 0 bridgehead atoms. The quantitative estimate of drug-likeness (QED) is 0.657. The Morgan fingerprint density at radius 3 is 2.21 bits per heavy atom. The summed E-state index contributed by atoms with van der Waals surface area (Å²) in [5, 5.41) is 10.1. The van der Waals surface area contributed by atoms with Gasteiger partial charge in [-0.1, -0.05) is 52.9 Å². The zero-order valence-electron chi connectivity index (χ0n) is 15.0. The summed E-state index contributed by atoms with van der Waals surface area (Å²) in [4.78, 5) is 23.9. The highest BCUT2D eigenvalue weighted by molar-refractivity contribution is 7.93. The molecule has 0 radical (unpaired) electrons. The van der Waals surface area contributed by atoms with Crippen LogP contribution in [0.25, 0.3) is 0 Å². The first-order chi connectivity index (χ1) is 11.2. The van der Waals surface area contributed by atoms with Gasteiger partial charge in [-0.15, -0.1) is 0 Å². The number of aliphatic carboxylic acids is 1. The van der Waals surface area contributed by atoms with Gasteiger partial charge in [0.1, 0.15) is 11.3 Å². The molecule has 0 heterocycles. The normalized spacial score (nSPS) is 19.0. The van der Waals surface area contributed by atoms with E-state index in [0.717, 1.165) is 25.7 Å². The molecule has 7 heteroatoms. The number of unbranched alkanes of at least 4 members (excludes halogenated alkanes) is 1. The van der Waals surface area contributed by atoms with E-state index in [-0.39, 0.29) is 0 Å². The molecule has 0 aliphatic heterocycles. The molecule has 1 fully saturated rings. The van der Waals surface area contributed by atoms with Crippen molar-refractivity contribution in [1.29, 1.82) is 0 Å². The fraction of sp³-hybridized carbons (Fsp3) is 0.882. The van der Waals surface area contributed by atoms with E-state index in [1.807, 2.05) is 6.92 Å². The summed E-state index contributed by atoms with van der Waals surface area (Å²) in [6.45, 7) is 5.34. The zero-order chi connectivity index (χ0) is 18.3. The summed E-state index contributed by atoms with van der Waals surface area (Å²) in [5.41, 5.74) is 0. The van der Waals surface area contributed by atoms with Crippen LogP contribution in [0.15, 0.2) is 0 Å². The van der Waals surface area contributed by atoms with Crippen LogP contribution >= 0.6 is 0 Å². The van der Waals surface area contributed by atoms with Gasteiger partial charge >= 0.3 is 5.97 Å². The van der Waals surface area contributed by atoms with E-state index in [9.17, 15) is 23.1 Å². The minimum absolute atomic E-state index is 0.311. The number of hydrogen-bond donors (Lipinski definition) is 2. The molecule has 140 valence electrons. The van der Waals surface area contributed by atoms with Gasteiger partial charge in [0, 0.05) is 0 Å². The second-order valence-electron chi connectivity index (χ2n) is 7.06. The molecule has 2 atom stereocenters. The van der Waals surface area contributed by atoms with E-state index in [2.05, 4.69) is 5.32 Å². The lowest BCUT2D eigenvalue weighted by molar-refractivity contribution is -0.142. The summed E-state index contributed by atoms with van der Waals surface area (Å²) in [7, 11) is -3.62. The third kappa shape index (κ3) is 5.46. The topological polar surface area (TPSA) is 101 Å². The summed E-state index contributed by atoms with van der Waals surface area (Å²) < 4.78 is 25.9. The van der Waals surface area contributed by atoms with Gasteiger partial charge < -0.3 is 10.4 Å². The lowest BCUT2D eigenvalue weighted by atomic mass is 10.0. The number of sulfone groups is 1. The number of amides is 1. The van der Waals surface area contributed by atoms with Crippen LogP contribution in [0, 0.1) is 5.92 Å². The van der Waals surface area contributed by atoms with Crippen LogP contribution in [0.1, 0.15) is 72.1 Å². The van der Waals surface area contributed by atoms with Crippen molar-refractivity contribution in [1.82, 2.24) is 5.32 Å². The second-order valence-corrected chi connectivity index (χ2v) is 9.41. The molecule has 2 unspecified atom stereocenters. The summed E-state index contributed by atoms with van der Waals surface area (Å²) in [6.07, 6.45) is 5.74. The number of carbonyl (C=O) groups excluding carboxylic acids is 1. The number of carboxylic acid groups (broad SMARTS) is 1. The average molecular weight is 362 g/mol. The van der Waals surface area contributed by atoms with Crippen molar-refractivity contribution >= 4 is 21.7 Å². The zero-order valence-corrected chi connectivity index (χ0v) is 15.8. The molecule has 1 saturated carbocycles. The molecule has 0 spiro atoms. The van der Waals surface area contributed by atoms with E-state index in [0.29, 0.717) is 25.7 Å². The molecule has 24 heavy (non-hydrogen) atoms. The van der Waals surface area contributed by atoms with Crippen LogP contribution in [0.5, 0.6) is 0 Å². The van der Waals surface area contributed by atoms with Crippen molar-refractivity contribution in [2.45, 2.75) is 88.7 Å². The van der Waals surface area contributed by atoms with Crippen LogP contribution < -0.4 is 5.32 Å². The molecule has 1 amide bonds. The Kier molecular flexibility index (Phi) is 8.19. The highest BCUT2D eigenvalue weighted by Gasteiger charge is 2.42. The summed E-state index contributed by atoms with van der Waals surface area (Å²) >= 11 is 0. The van der Waals surface area contributed by atoms with E-state index in [1.54, 1.807) is 13.8 Å². The predicted molar refractivity (Wildman–Crippen MR) is 93.5 cm³/mol. The predicted octanol–water partition coefficient (Wildman–Crippen LogP) is 2.52. The van der Waals surface area contributed by atoms with E-state index < -0.39 is 44.2 Å². The van der Waals surface area contributed by atoms with Gasteiger partial charge in [-0.3, -0.25) is 4.79 Å². The fourth-order valence-electron chi connectivity index (χ4n) is 3.35. The molecule has 1 rings (SSSR count). The van der Waals surface area contributed by atoms with Gasteiger partial charge in [0.15, 0.2) is 9.84 Å². The third-order valence-corrected chi connectivity index (χ3v) is 7.56. The maximum atomic E-state index is 12.9. The first-order valence-corrected chi connectivity index (χ1v) is 10.6. The standard InChI is InChI=1S/C17H31NO5S/c1-4-5-11-14(17(20)21)18-16(19)15(12(2)3)24(22,23)13-9-7-6-8-10-13/h12-15H,4-11H2,1-3H3,(H,18,19)(H,20,21). The molecular weight excluding hydrogens is 330 g/mol. The maximum absolute atomic E-state index is 12.9. The Hall–Kier alpha value is -1.11. The van der Waals surface area contributed by atoms with Gasteiger partial charge in [-0.2, -0.15) is 0 Å². The van der Waals surface area contributed by atoms with Crippen LogP contribution in [0.3, 0.4) is 0 Å². The maximum Gasteiger partial charge on any atom is 0.326 e. The molecule has 2 N–H and O–H groups in total. The van der Waals surface area contributed by atoms with Gasteiger partial charge in [0.25, 0.3) is 0 Å². The van der Waals surface area contributed by atoms with Gasteiger partial charge in [-0.05, 0) is 25.2 Å². The smallest absolute Gasteiger partial charge is 0.326 e. The Bertz CT molecular complexity index is 523. The molecule has 0 aromatic carbocycles. The van der Waals surface area contributed by atoms with Gasteiger partial charge in [0.05, 0.1) is 5.25 Å². The Morgan fingerprint density at radius 2 is 1.75 bits per heavy atom. The van der Waals surface area contributed by atoms with Crippen molar-refractivity contribution < 1.29 is 23.1 Å². The average Bonchev–Trinajstić information content (AvgIpc) is 2.51. The molecule has 1 aliphatic carbocycles. The monoisotopic (exact) mass is 361 g/mol. The van der Waals surface area contributed by atoms with Gasteiger partial charge in [0.2, 0.25) is 5.91 Å². The van der Waals surface area contributed by atoms with Crippen molar-refractivity contribution in [2.75, 3.05) is 0 Å². The molecule has 1 aliphatic rings. The number of rotatable bonds is 9. The first-order valence-electron chi connectivity index (χ1n) is 8.97. The number of nitrogens with one attached hydrogen (secondary N) is 1. The minimum atomic E-state index is -3.62. The van der Waals surface area contributed by atoms with Crippen molar-refractivity contribution in [3.63, 3.8) is 0 Å². The van der Waals surface area contributed by atoms with Crippen molar-refractivity contribution in [3.05, 3.63) is 0 Å². The van der Waals surface area contributed by atoms with Gasteiger partial charge in [-0.25, -0.2) is 13.2 Å². The minimum Gasteiger partial charge on any atom is -0.480 e. The van der Waals surface area contributed by atoms with Crippen LogP contribution in [0.2, 0.25) is 0 Å². The highest BCUT2D eigenvalue weighted by atomic mass is 32.2. The van der Waals surface area contributed by atoms with Crippen molar-refractivity contribution in [2.24, 2.45) is 5.92 Å². The summed E-state index contributed by atoms with van der Waals surface area (Å²) in [5.74, 6) is -2.18. The largest absolute Gasteiger partial charge is 0.480 e. The van der Waals surface area contributed by atoms with E-state index >= 15 is 0 Å². The Morgan fingerprint density at radius 1 is 1.17 bits per heavy atom. The number of carboxylic acids is 1. The number of carbonyl (C=O) groups is 2. The van der Waals surface area contributed by atoms with Crippen LogP contribution in [-0.4, -0.2) is 41.9 Å². The lowest BCUT2D eigenvalue weighted by Crippen LogP contribution is -2.51.